The zero-order chi connectivity index (χ0) is 15.5. The molecule has 0 aliphatic rings. The number of aromatic nitrogens is 2. The van der Waals surface area contributed by atoms with Gasteiger partial charge in [-0.05, 0) is 33.8 Å². The lowest BCUT2D eigenvalue weighted by Crippen LogP contribution is -2.42. The Hall–Kier alpha value is -1.40. The van der Waals surface area contributed by atoms with Crippen LogP contribution in [-0.2, 0) is 9.53 Å². The summed E-state index contributed by atoms with van der Waals surface area (Å²) in [6.45, 7) is 6.73. The molecule has 1 heterocycles. The van der Waals surface area contributed by atoms with E-state index in [-0.39, 0.29) is 15.9 Å². The first-order valence-corrected chi connectivity index (χ1v) is 6.58. The minimum atomic E-state index is -0.829. The van der Waals surface area contributed by atoms with Gasteiger partial charge in [0, 0.05) is 0 Å². The molecule has 20 heavy (non-hydrogen) atoms. The Morgan fingerprint density at radius 3 is 2.45 bits per heavy atom. The number of carbonyl (C=O) groups excluding carboxylic acids is 2. The first-order chi connectivity index (χ1) is 9.10. The predicted octanol–water partition coefficient (Wildman–Crippen LogP) is 2.24. The highest BCUT2D eigenvalue weighted by molar-refractivity contribution is 6.34. The van der Waals surface area contributed by atoms with Crippen molar-refractivity contribution in [3.05, 3.63) is 21.9 Å². The fraction of sp³-hybridized carbons (Fsp3) is 0.500. The summed E-state index contributed by atoms with van der Waals surface area (Å²) in [5.74, 6) is -1.12. The maximum atomic E-state index is 12.0. The third kappa shape index (κ3) is 4.94. The molecule has 0 bridgehead atoms. The van der Waals surface area contributed by atoms with E-state index in [1.807, 2.05) is 0 Å². The number of carbonyl (C=O) groups is 2. The van der Waals surface area contributed by atoms with Gasteiger partial charge in [0.25, 0.3) is 5.91 Å². The van der Waals surface area contributed by atoms with Crippen molar-refractivity contribution in [2.45, 2.75) is 39.3 Å². The van der Waals surface area contributed by atoms with Gasteiger partial charge >= 0.3 is 5.97 Å². The van der Waals surface area contributed by atoms with Crippen molar-refractivity contribution < 1.29 is 14.3 Å². The number of esters is 1. The van der Waals surface area contributed by atoms with Crippen molar-refractivity contribution in [3.8, 4) is 0 Å². The maximum absolute atomic E-state index is 12.0. The smallest absolute Gasteiger partial charge is 0.328 e. The molecule has 0 aliphatic carbocycles. The van der Waals surface area contributed by atoms with Crippen LogP contribution in [0, 0.1) is 0 Å². The molecule has 0 saturated carbocycles. The average molecular weight is 320 g/mol. The highest BCUT2D eigenvalue weighted by atomic mass is 35.5. The molecule has 0 aliphatic heterocycles. The summed E-state index contributed by atoms with van der Waals surface area (Å²) in [5.41, 5.74) is -0.586. The molecule has 0 aromatic carbocycles. The zero-order valence-electron chi connectivity index (χ0n) is 11.5. The van der Waals surface area contributed by atoms with Gasteiger partial charge in [0.05, 0.1) is 5.56 Å². The van der Waals surface area contributed by atoms with Crippen LogP contribution >= 0.6 is 23.2 Å². The van der Waals surface area contributed by atoms with Crippen LogP contribution in [0.2, 0.25) is 10.3 Å². The van der Waals surface area contributed by atoms with Crippen LogP contribution < -0.4 is 5.32 Å². The zero-order valence-corrected chi connectivity index (χ0v) is 13.0. The van der Waals surface area contributed by atoms with Gasteiger partial charge < -0.3 is 10.1 Å². The molecule has 0 fully saturated rings. The van der Waals surface area contributed by atoms with E-state index < -0.39 is 23.5 Å². The Balaban J connectivity index is 2.75. The van der Waals surface area contributed by atoms with Crippen LogP contribution in [0.15, 0.2) is 6.07 Å². The Labute approximate surface area is 126 Å². The highest BCUT2D eigenvalue weighted by Crippen LogP contribution is 2.15. The Morgan fingerprint density at radius 1 is 1.30 bits per heavy atom. The van der Waals surface area contributed by atoms with Gasteiger partial charge in [-0.2, -0.15) is 0 Å². The fourth-order valence-electron chi connectivity index (χ4n) is 1.24. The fourth-order valence-corrected chi connectivity index (χ4v) is 1.56. The monoisotopic (exact) mass is 319 g/mol. The maximum Gasteiger partial charge on any atom is 0.328 e. The van der Waals surface area contributed by atoms with Crippen LogP contribution in [-0.4, -0.2) is 33.7 Å². The van der Waals surface area contributed by atoms with E-state index in [0.29, 0.717) is 0 Å². The summed E-state index contributed by atoms with van der Waals surface area (Å²) in [7, 11) is 0. The molecular weight excluding hydrogens is 305 g/mol. The molecule has 6 nitrogen and oxygen atoms in total. The number of ether oxygens (including phenoxy) is 1. The average Bonchev–Trinajstić information content (AvgIpc) is 2.29. The van der Waals surface area contributed by atoms with E-state index in [4.69, 9.17) is 27.9 Å². The van der Waals surface area contributed by atoms with Crippen LogP contribution in [0.3, 0.4) is 0 Å². The molecule has 0 saturated heterocycles. The molecule has 1 amide bonds. The molecule has 1 aromatic rings. The highest BCUT2D eigenvalue weighted by Gasteiger charge is 2.24. The largest absolute Gasteiger partial charge is 0.458 e. The molecule has 1 rings (SSSR count). The second-order valence-corrected chi connectivity index (χ2v) is 5.85. The Morgan fingerprint density at radius 2 is 1.90 bits per heavy atom. The molecule has 8 heteroatoms. The number of halogens is 2. The van der Waals surface area contributed by atoms with Crippen molar-refractivity contribution in [2.75, 3.05) is 0 Å². The normalized spacial score (nSPS) is 12.7. The van der Waals surface area contributed by atoms with Gasteiger partial charge in [0.1, 0.15) is 11.6 Å². The van der Waals surface area contributed by atoms with Crippen molar-refractivity contribution in [2.24, 2.45) is 0 Å². The predicted molar refractivity (Wildman–Crippen MR) is 74.8 cm³/mol. The summed E-state index contributed by atoms with van der Waals surface area (Å²) in [4.78, 5) is 23.7. The topological polar surface area (TPSA) is 81.2 Å². The quantitative estimate of drug-likeness (QED) is 0.864. The minimum Gasteiger partial charge on any atom is -0.458 e. The van der Waals surface area contributed by atoms with E-state index in [9.17, 15) is 9.59 Å². The molecular formula is C12H15Cl2N3O3. The van der Waals surface area contributed by atoms with Crippen molar-refractivity contribution in [1.29, 1.82) is 0 Å². The summed E-state index contributed by atoms with van der Waals surface area (Å²) in [6, 6.07) is 0.443. The number of hydrogen-bond donors (Lipinski definition) is 1. The Bertz CT molecular complexity index is 529. The first-order valence-electron chi connectivity index (χ1n) is 5.82. The van der Waals surface area contributed by atoms with Gasteiger partial charge in [-0.3, -0.25) is 4.79 Å². The SMILES string of the molecule is C[C@H](NC(=O)c1cc(Cl)nnc1Cl)C(=O)OC(C)(C)C. The van der Waals surface area contributed by atoms with Crippen LogP contribution in [0.5, 0.6) is 0 Å². The van der Waals surface area contributed by atoms with Crippen molar-refractivity contribution in [1.82, 2.24) is 15.5 Å². The molecule has 0 radical (unpaired) electrons. The lowest BCUT2D eigenvalue weighted by atomic mass is 10.2. The van der Waals surface area contributed by atoms with E-state index in [1.165, 1.54) is 13.0 Å². The number of amides is 1. The summed E-state index contributed by atoms with van der Waals surface area (Å²) in [6.07, 6.45) is 0. The van der Waals surface area contributed by atoms with Crippen molar-refractivity contribution >= 4 is 35.1 Å². The number of nitrogens with one attached hydrogen (secondary N) is 1. The van der Waals surface area contributed by atoms with Gasteiger partial charge in [-0.15, -0.1) is 10.2 Å². The number of nitrogens with zero attached hydrogens (tertiary/aromatic N) is 2. The molecule has 110 valence electrons. The first kappa shape index (κ1) is 16.7. The molecule has 1 aromatic heterocycles. The van der Waals surface area contributed by atoms with E-state index >= 15 is 0 Å². The van der Waals surface area contributed by atoms with E-state index in [1.54, 1.807) is 20.8 Å². The lowest BCUT2D eigenvalue weighted by molar-refractivity contribution is -0.156. The minimum absolute atomic E-state index is 0.0319. The summed E-state index contributed by atoms with van der Waals surface area (Å²) in [5, 5.41) is 9.41. The standard InChI is InChI=1S/C12H15Cl2N3O3/c1-6(11(19)20-12(2,3)4)15-10(18)7-5-8(13)16-17-9(7)14/h5-6H,1-4H3,(H,15,18)/t6-/m0/s1. The van der Waals surface area contributed by atoms with Gasteiger partial charge in [0.2, 0.25) is 0 Å². The third-order valence-corrected chi connectivity index (χ3v) is 2.54. The molecule has 1 atom stereocenters. The van der Waals surface area contributed by atoms with Gasteiger partial charge in [-0.25, -0.2) is 4.79 Å². The Kier molecular flexibility index (Phi) is 5.30. The number of rotatable bonds is 3. The summed E-state index contributed by atoms with van der Waals surface area (Å²) >= 11 is 11.4. The van der Waals surface area contributed by atoms with E-state index in [0.717, 1.165) is 0 Å². The van der Waals surface area contributed by atoms with Crippen LogP contribution in [0.25, 0.3) is 0 Å². The molecule has 0 spiro atoms. The second-order valence-electron chi connectivity index (χ2n) is 5.10. The van der Waals surface area contributed by atoms with Crippen LogP contribution in [0.1, 0.15) is 38.1 Å². The number of hydrogen-bond acceptors (Lipinski definition) is 5. The second kappa shape index (κ2) is 6.37. The molecule has 1 N–H and O–H groups in total. The van der Waals surface area contributed by atoms with Gasteiger partial charge in [0.15, 0.2) is 10.3 Å². The van der Waals surface area contributed by atoms with Crippen LogP contribution in [0.4, 0.5) is 0 Å². The third-order valence-electron chi connectivity index (χ3n) is 2.07. The van der Waals surface area contributed by atoms with Gasteiger partial charge in [-0.1, -0.05) is 23.2 Å². The lowest BCUT2D eigenvalue weighted by Gasteiger charge is -2.22. The molecule has 0 unspecified atom stereocenters. The summed E-state index contributed by atoms with van der Waals surface area (Å²) < 4.78 is 5.15. The van der Waals surface area contributed by atoms with Crippen molar-refractivity contribution in [3.63, 3.8) is 0 Å². The van der Waals surface area contributed by atoms with E-state index in [2.05, 4.69) is 15.5 Å².